The van der Waals surface area contributed by atoms with Gasteiger partial charge in [-0.2, -0.15) is 4.98 Å². The largest absolute Gasteiger partial charge is 0.340 e. The van der Waals surface area contributed by atoms with Crippen LogP contribution in [0, 0.1) is 5.92 Å². The summed E-state index contributed by atoms with van der Waals surface area (Å²) in [6.07, 6.45) is 4.40. The van der Waals surface area contributed by atoms with Gasteiger partial charge in [0.05, 0.1) is 0 Å². The van der Waals surface area contributed by atoms with Gasteiger partial charge in [0, 0.05) is 13.0 Å². The molecule has 2 heterocycles. The van der Waals surface area contributed by atoms with Crippen LogP contribution in [-0.2, 0) is 16.0 Å². The van der Waals surface area contributed by atoms with Crippen molar-refractivity contribution in [1.29, 1.82) is 0 Å². The van der Waals surface area contributed by atoms with E-state index < -0.39 is 11.6 Å². The number of carbonyl (C=O) groups is 2. The van der Waals surface area contributed by atoms with Gasteiger partial charge in [0.1, 0.15) is 11.6 Å². The van der Waals surface area contributed by atoms with E-state index in [0.29, 0.717) is 25.3 Å². The molecule has 2 fully saturated rings. The molecule has 1 saturated heterocycles. The Morgan fingerprint density at radius 2 is 2.24 bits per heavy atom. The summed E-state index contributed by atoms with van der Waals surface area (Å²) >= 11 is 0. The van der Waals surface area contributed by atoms with Crippen molar-refractivity contribution in [2.45, 2.75) is 51.1 Å². The lowest BCUT2D eigenvalue weighted by atomic mass is 9.88. The van der Waals surface area contributed by atoms with Gasteiger partial charge in [-0.15, -0.1) is 0 Å². The van der Waals surface area contributed by atoms with Crippen molar-refractivity contribution in [3.05, 3.63) is 12.2 Å². The Morgan fingerprint density at radius 1 is 1.48 bits per heavy atom. The molecule has 21 heavy (non-hydrogen) atoms. The molecular formula is C14H20N4O3. The van der Waals surface area contributed by atoms with Gasteiger partial charge in [-0.25, -0.2) is 0 Å². The average molecular weight is 292 g/mol. The Kier molecular flexibility index (Phi) is 3.43. The van der Waals surface area contributed by atoms with Crippen LogP contribution in [0.3, 0.4) is 0 Å². The first-order valence-electron chi connectivity index (χ1n) is 7.45. The van der Waals surface area contributed by atoms with E-state index >= 15 is 0 Å². The van der Waals surface area contributed by atoms with Gasteiger partial charge < -0.3 is 14.7 Å². The molecule has 1 aromatic rings. The first-order valence-corrected chi connectivity index (χ1v) is 7.45. The van der Waals surface area contributed by atoms with Gasteiger partial charge in [0.25, 0.3) is 0 Å². The van der Waals surface area contributed by atoms with Crippen molar-refractivity contribution in [3.8, 4) is 0 Å². The summed E-state index contributed by atoms with van der Waals surface area (Å²) in [5, 5.41) is 6.50. The molecule has 1 saturated carbocycles. The van der Waals surface area contributed by atoms with Crippen LogP contribution < -0.4 is 5.32 Å². The lowest BCUT2D eigenvalue weighted by molar-refractivity contribution is -0.155. The predicted octanol–water partition coefficient (Wildman–Crippen LogP) is 0.518. The molecular weight excluding hydrogens is 272 g/mol. The summed E-state index contributed by atoms with van der Waals surface area (Å²) in [5.74, 6) is 0.697. The second-order valence-electron chi connectivity index (χ2n) is 5.97. The van der Waals surface area contributed by atoms with Crippen LogP contribution in [-0.4, -0.2) is 45.0 Å². The second kappa shape index (κ2) is 5.13. The Labute approximate surface area is 123 Å². The zero-order valence-corrected chi connectivity index (χ0v) is 12.3. The van der Waals surface area contributed by atoms with E-state index in [2.05, 4.69) is 15.5 Å². The third-order valence-electron chi connectivity index (χ3n) is 4.52. The van der Waals surface area contributed by atoms with Gasteiger partial charge in [-0.1, -0.05) is 12.1 Å². The number of nitrogens with one attached hydrogen (secondary N) is 1. The van der Waals surface area contributed by atoms with Crippen LogP contribution in [0.4, 0.5) is 0 Å². The molecule has 2 unspecified atom stereocenters. The average Bonchev–Trinajstić information content (AvgIpc) is 3.20. The third-order valence-corrected chi connectivity index (χ3v) is 4.52. The smallest absolute Gasteiger partial charge is 0.249 e. The fraction of sp³-hybridized carbons (Fsp3) is 0.714. The summed E-state index contributed by atoms with van der Waals surface area (Å²) in [6, 6.07) is -0.410. The van der Waals surface area contributed by atoms with Crippen molar-refractivity contribution in [1.82, 2.24) is 20.4 Å². The number of amides is 2. The molecule has 1 N–H and O–H groups in total. The minimum atomic E-state index is -0.752. The van der Waals surface area contributed by atoms with Crippen molar-refractivity contribution < 1.29 is 14.1 Å². The van der Waals surface area contributed by atoms with E-state index in [1.807, 2.05) is 13.8 Å². The lowest BCUT2D eigenvalue weighted by Crippen LogP contribution is -2.70. The fourth-order valence-electron chi connectivity index (χ4n) is 3.10. The molecule has 0 spiro atoms. The van der Waals surface area contributed by atoms with E-state index in [4.69, 9.17) is 4.52 Å². The monoisotopic (exact) mass is 292 g/mol. The maximum absolute atomic E-state index is 12.8. The SMILES string of the molecule is CCC1C(=O)NC(C)(C2CC2)C(=O)N1CCc1ncno1. The van der Waals surface area contributed by atoms with Gasteiger partial charge in [-0.05, 0) is 32.1 Å². The first-order chi connectivity index (χ1) is 10.1. The molecule has 2 aliphatic rings. The van der Waals surface area contributed by atoms with Crippen LogP contribution in [0.25, 0.3) is 0 Å². The molecule has 114 valence electrons. The zero-order chi connectivity index (χ0) is 15.0. The highest BCUT2D eigenvalue weighted by Gasteiger charge is 2.54. The van der Waals surface area contributed by atoms with Crippen LogP contribution in [0.5, 0.6) is 0 Å². The summed E-state index contributed by atoms with van der Waals surface area (Å²) in [7, 11) is 0. The second-order valence-corrected chi connectivity index (χ2v) is 5.97. The molecule has 1 aromatic heterocycles. The van der Waals surface area contributed by atoms with Crippen molar-refractivity contribution >= 4 is 11.8 Å². The highest BCUT2D eigenvalue weighted by molar-refractivity contribution is 6.00. The summed E-state index contributed by atoms with van der Waals surface area (Å²) in [5.41, 5.74) is -0.752. The Morgan fingerprint density at radius 3 is 2.81 bits per heavy atom. The quantitative estimate of drug-likeness (QED) is 0.854. The number of nitrogens with zero attached hydrogens (tertiary/aromatic N) is 3. The van der Waals surface area contributed by atoms with Crippen LogP contribution in [0.15, 0.2) is 10.9 Å². The first kappa shape index (κ1) is 14.0. The normalized spacial score (nSPS) is 29.6. The molecule has 0 aromatic carbocycles. The molecule has 3 rings (SSSR count). The summed E-state index contributed by atoms with van der Waals surface area (Å²) < 4.78 is 4.97. The molecule has 1 aliphatic carbocycles. The number of carbonyl (C=O) groups excluding carboxylic acids is 2. The highest BCUT2D eigenvalue weighted by Crippen LogP contribution is 2.42. The number of rotatable bonds is 5. The molecule has 0 radical (unpaired) electrons. The molecule has 1 aliphatic heterocycles. The Bertz CT molecular complexity index is 540. The van der Waals surface area contributed by atoms with Crippen molar-refractivity contribution in [2.24, 2.45) is 5.92 Å². The van der Waals surface area contributed by atoms with Gasteiger partial charge in [0.15, 0.2) is 6.33 Å². The molecule has 2 atom stereocenters. The van der Waals surface area contributed by atoms with E-state index in [0.717, 1.165) is 12.8 Å². The van der Waals surface area contributed by atoms with Crippen LogP contribution in [0.2, 0.25) is 0 Å². The van der Waals surface area contributed by atoms with Crippen LogP contribution in [0.1, 0.15) is 39.0 Å². The lowest BCUT2D eigenvalue weighted by Gasteiger charge is -2.44. The molecule has 7 nitrogen and oxygen atoms in total. The van der Waals surface area contributed by atoms with E-state index in [1.165, 1.54) is 6.33 Å². The van der Waals surface area contributed by atoms with E-state index in [-0.39, 0.29) is 17.7 Å². The summed E-state index contributed by atoms with van der Waals surface area (Å²) in [6.45, 7) is 4.18. The zero-order valence-electron chi connectivity index (χ0n) is 12.3. The van der Waals surface area contributed by atoms with Gasteiger partial charge >= 0.3 is 0 Å². The molecule has 7 heteroatoms. The number of aromatic nitrogens is 2. The minimum absolute atomic E-state index is 0.0102. The topological polar surface area (TPSA) is 88.3 Å². The molecule has 0 bridgehead atoms. The maximum Gasteiger partial charge on any atom is 0.249 e. The van der Waals surface area contributed by atoms with Crippen molar-refractivity contribution in [2.75, 3.05) is 6.54 Å². The maximum atomic E-state index is 12.8. The standard InChI is InChI=1S/C14H20N4O3/c1-3-10-12(19)17-14(2,9-4-5-9)13(20)18(10)7-6-11-15-8-16-21-11/h8-10H,3-7H2,1-2H3,(H,17,19). The van der Waals surface area contributed by atoms with Gasteiger partial charge in [0.2, 0.25) is 17.7 Å². The third kappa shape index (κ3) is 2.41. The Balaban J connectivity index is 1.79. The number of hydrogen-bond acceptors (Lipinski definition) is 5. The van der Waals surface area contributed by atoms with Crippen molar-refractivity contribution in [3.63, 3.8) is 0 Å². The minimum Gasteiger partial charge on any atom is -0.340 e. The van der Waals surface area contributed by atoms with Crippen LogP contribution >= 0.6 is 0 Å². The Hall–Kier alpha value is -1.92. The fourth-order valence-corrected chi connectivity index (χ4v) is 3.10. The highest BCUT2D eigenvalue weighted by atomic mass is 16.5. The van der Waals surface area contributed by atoms with E-state index in [1.54, 1.807) is 4.90 Å². The molecule has 2 amide bonds. The summed E-state index contributed by atoms with van der Waals surface area (Å²) in [4.78, 5) is 30.8. The number of piperazine rings is 1. The van der Waals surface area contributed by atoms with Gasteiger partial charge in [-0.3, -0.25) is 9.59 Å². The van der Waals surface area contributed by atoms with E-state index in [9.17, 15) is 9.59 Å². The number of hydrogen-bond donors (Lipinski definition) is 1. The predicted molar refractivity (Wildman–Crippen MR) is 73.1 cm³/mol.